The average molecular weight is 203 g/mol. The number of rotatable bonds is 2. The Balaban J connectivity index is 2.61. The van der Waals surface area contributed by atoms with Crippen LogP contribution in [0.2, 0.25) is 0 Å². The third-order valence-electron chi connectivity index (χ3n) is 1.92. The summed E-state index contributed by atoms with van der Waals surface area (Å²) in [6.07, 6.45) is 3.14. The lowest BCUT2D eigenvalue weighted by molar-refractivity contribution is 0.0995. The van der Waals surface area contributed by atoms with E-state index in [2.05, 4.69) is 15.3 Å². The maximum Gasteiger partial charge on any atom is 0.269 e. The number of nitrogens with zero attached hydrogens (tertiary/aromatic N) is 4. The van der Waals surface area contributed by atoms with Crippen molar-refractivity contribution in [2.45, 2.75) is 6.92 Å². The van der Waals surface area contributed by atoms with Crippen molar-refractivity contribution >= 4 is 5.91 Å². The van der Waals surface area contributed by atoms with Crippen molar-refractivity contribution in [3.63, 3.8) is 0 Å². The van der Waals surface area contributed by atoms with Gasteiger partial charge < -0.3 is 5.73 Å². The molecule has 2 aromatic heterocycles. The quantitative estimate of drug-likeness (QED) is 0.748. The second-order valence-corrected chi connectivity index (χ2v) is 3.03. The Morgan fingerprint density at radius 1 is 1.47 bits per heavy atom. The van der Waals surface area contributed by atoms with Gasteiger partial charge in [-0.3, -0.25) is 4.79 Å². The van der Waals surface area contributed by atoms with Crippen molar-refractivity contribution in [2.24, 2.45) is 5.73 Å². The molecule has 15 heavy (non-hydrogen) atoms. The Morgan fingerprint density at radius 2 is 2.27 bits per heavy atom. The Kier molecular flexibility index (Phi) is 2.17. The standard InChI is InChI=1S/C9H9N5O/c1-6-2-3-7(8(12-6)9(10)15)14-5-4-11-13-14/h2-5H,1H3,(H2,10,15). The first-order chi connectivity index (χ1) is 7.18. The summed E-state index contributed by atoms with van der Waals surface area (Å²) in [4.78, 5) is 15.2. The van der Waals surface area contributed by atoms with Gasteiger partial charge in [-0.1, -0.05) is 5.21 Å². The molecule has 0 fully saturated rings. The first-order valence-corrected chi connectivity index (χ1v) is 4.32. The number of pyridine rings is 1. The number of nitrogens with two attached hydrogens (primary N) is 1. The lowest BCUT2D eigenvalue weighted by Crippen LogP contribution is -2.17. The summed E-state index contributed by atoms with van der Waals surface area (Å²) in [6.45, 7) is 1.79. The van der Waals surface area contributed by atoms with Crippen LogP contribution in [0.1, 0.15) is 16.2 Å². The number of hydrogen-bond acceptors (Lipinski definition) is 4. The molecule has 0 atom stereocenters. The van der Waals surface area contributed by atoms with E-state index in [0.29, 0.717) is 5.69 Å². The minimum Gasteiger partial charge on any atom is -0.364 e. The molecule has 0 unspecified atom stereocenters. The van der Waals surface area contributed by atoms with Gasteiger partial charge in [0.05, 0.1) is 18.1 Å². The summed E-state index contributed by atoms with van der Waals surface area (Å²) in [6, 6.07) is 3.51. The van der Waals surface area contributed by atoms with Gasteiger partial charge >= 0.3 is 0 Å². The van der Waals surface area contributed by atoms with Crippen molar-refractivity contribution in [3.05, 3.63) is 35.9 Å². The highest BCUT2D eigenvalue weighted by Crippen LogP contribution is 2.11. The van der Waals surface area contributed by atoms with Crippen LogP contribution in [0.4, 0.5) is 0 Å². The third-order valence-corrected chi connectivity index (χ3v) is 1.92. The van der Waals surface area contributed by atoms with Crippen molar-refractivity contribution in [1.29, 1.82) is 0 Å². The van der Waals surface area contributed by atoms with Gasteiger partial charge in [-0.25, -0.2) is 9.67 Å². The molecule has 76 valence electrons. The van der Waals surface area contributed by atoms with E-state index in [-0.39, 0.29) is 5.69 Å². The fourth-order valence-corrected chi connectivity index (χ4v) is 1.25. The highest BCUT2D eigenvalue weighted by Gasteiger charge is 2.12. The minimum absolute atomic E-state index is 0.195. The molecule has 0 aliphatic rings. The molecule has 1 amide bonds. The van der Waals surface area contributed by atoms with E-state index in [9.17, 15) is 4.79 Å². The molecule has 0 saturated heterocycles. The fourth-order valence-electron chi connectivity index (χ4n) is 1.25. The third kappa shape index (κ3) is 1.69. The highest BCUT2D eigenvalue weighted by molar-refractivity contribution is 5.94. The van der Waals surface area contributed by atoms with Crippen LogP contribution < -0.4 is 5.73 Å². The summed E-state index contributed by atoms with van der Waals surface area (Å²) in [7, 11) is 0. The Bertz CT molecular complexity index is 491. The lowest BCUT2D eigenvalue weighted by atomic mass is 10.2. The van der Waals surface area contributed by atoms with Gasteiger partial charge in [0, 0.05) is 5.69 Å². The zero-order valence-corrected chi connectivity index (χ0v) is 8.08. The van der Waals surface area contributed by atoms with Crippen molar-refractivity contribution in [2.75, 3.05) is 0 Å². The Morgan fingerprint density at radius 3 is 2.87 bits per heavy atom. The van der Waals surface area contributed by atoms with Crippen molar-refractivity contribution < 1.29 is 4.79 Å². The van der Waals surface area contributed by atoms with Crippen LogP contribution in [0.15, 0.2) is 24.5 Å². The van der Waals surface area contributed by atoms with Crippen molar-refractivity contribution in [3.8, 4) is 5.69 Å². The Labute approximate surface area is 85.7 Å². The molecule has 2 heterocycles. The van der Waals surface area contributed by atoms with Crippen LogP contribution in [0.25, 0.3) is 5.69 Å². The van der Waals surface area contributed by atoms with E-state index < -0.39 is 5.91 Å². The zero-order valence-electron chi connectivity index (χ0n) is 8.08. The molecule has 0 saturated carbocycles. The van der Waals surface area contributed by atoms with Gasteiger partial charge in [0.2, 0.25) is 0 Å². The van der Waals surface area contributed by atoms with E-state index in [1.54, 1.807) is 25.3 Å². The van der Waals surface area contributed by atoms with Crippen LogP contribution in [-0.2, 0) is 0 Å². The average Bonchev–Trinajstić information content (AvgIpc) is 2.70. The highest BCUT2D eigenvalue weighted by atomic mass is 16.1. The number of carbonyl (C=O) groups is 1. The van der Waals surface area contributed by atoms with Gasteiger partial charge in [0.25, 0.3) is 5.91 Å². The first kappa shape index (κ1) is 9.32. The predicted octanol–water partition coefficient (Wildman–Crippen LogP) is 0.0696. The van der Waals surface area contributed by atoms with E-state index in [4.69, 9.17) is 5.73 Å². The fraction of sp³-hybridized carbons (Fsp3) is 0.111. The molecule has 0 radical (unpaired) electrons. The number of aromatic nitrogens is 4. The van der Waals surface area contributed by atoms with Gasteiger partial charge in [0.1, 0.15) is 0 Å². The largest absolute Gasteiger partial charge is 0.364 e. The normalized spacial score (nSPS) is 10.2. The molecule has 0 aliphatic carbocycles. The monoisotopic (exact) mass is 203 g/mol. The summed E-state index contributed by atoms with van der Waals surface area (Å²) in [5, 5.41) is 7.43. The minimum atomic E-state index is -0.579. The summed E-state index contributed by atoms with van der Waals surface area (Å²) < 4.78 is 1.45. The van der Waals surface area contributed by atoms with Gasteiger partial charge in [-0.15, -0.1) is 5.10 Å². The number of amides is 1. The molecule has 0 aromatic carbocycles. The summed E-state index contributed by atoms with van der Waals surface area (Å²) in [5.41, 5.74) is 6.68. The topological polar surface area (TPSA) is 86.7 Å². The van der Waals surface area contributed by atoms with Crippen LogP contribution in [0.3, 0.4) is 0 Å². The van der Waals surface area contributed by atoms with Gasteiger partial charge in [-0.2, -0.15) is 0 Å². The summed E-state index contributed by atoms with van der Waals surface area (Å²) in [5.74, 6) is -0.579. The van der Waals surface area contributed by atoms with Crippen LogP contribution in [0.5, 0.6) is 0 Å². The molecule has 6 nitrogen and oxygen atoms in total. The Hall–Kier alpha value is -2.24. The lowest BCUT2D eigenvalue weighted by Gasteiger charge is -2.05. The molecule has 0 aliphatic heterocycles. The van der Waals surface area contributed by atoms with Crippen LogP contribution in [-0.4, -0.2) is 25.9 Å². The van der Waals surface area contributed by atoms with Crippen LogP contribution >= 0.6 is 0 Å². The molecule has 6 heteroatoms. The SMILES string of the molecule is Cc1ccc(-n2ccnn2)c(C(N)=O)n1. The number of aryl methyl sites for hydroxylation is 1. The number of carbonyl (C=O) groups excluding carboxylic acids is 1. The van der Waals surface area contributed by atoms with Crippen molar-refractivity contribution in [1.82, 2.24) is 20.0 Å². The molecule has 0 spiro atoms. The second kappa shape index (κ2) is 3.49. The smallest absolute Gasteiger partial charge is 0.269 e. The van der Waals surface area contributed by atoms with E-state index >= 15 is 0 Å². The predicted molar refractivity (Wildman–Crippen MR) is 52.4 cm³/mol. The number of primary amides is 1. The second-order valence-electron chi connectivity index (χ2n) is 3.03. The first-order valence-electron chi connectivity index (χ1n) is 4.32. The molecular formula is C9H9N5O. The number of hydrogen-bond donors (Lipinski definition) is 1. The molecule has 0 bridgehead atoms. The maximum absolute atomic E-state index is 11.2. The van der Waals surface area contributed by atoms with E-state index in [1.807, 2.05) is 0 Å². The van der Waals surface area contributed by atoms with E-state index in [0.717, 1.165) is 5.69 Å². The molecular weight excluding hydrogens is 194 g/mol. The van der Waals surface area contributed by atoms with Gasteiger partial charge in [-0.05, 0) is 19.1 Å². The maximum atomic E-state index is 11.2. The van der Waals surface area contributed by atoms with Crippen LogP contribution in [0, 0.1) is 6.92 Å². The molecule has 2 aromatic rings. The van der Waals surface area contributed by atoms with Gasteiger partial charge in [0.15, 0.2) is 5.69 Å². The van der Waals surface area contributed by atoms with E-state index in [1.165, 1.54) is 10.9 Å². The zero-order chi connectivity index (χ0) is 10.8. The molecule has 2 rings (SSSR count). The summed E-state index contributed by atoms with van der Waals surface area (Å²) >= 11 is 0. The molecule has 2 N–H and O–H groups in total.